The Kier molecular flexibility index (Phi) is 5.78. The first-order valence-electron chi connectivity index (χ1n) is 7.40. The van der Waals surface area contributed by atoms with E-state index in [0.717, 1.165) is 5.56 Å². The molecule has 0 aliphatic carbocycles. The number of carbonyl (C=O) groups is 2. The number of hydrogen-bond donors (Lipinski definition) is 2. The molecule has 2 rings (SSSR count). The van der Waals surface area contributed by atoms with Crippen molar-refractivity contribution in [3.05, 3.63) is 53.6 Å². The van der Waals surface area contributed by atoms with Crippen LogP contribution in [0.5, 0.6) is 11.5 Å². The van der Waals surface area contributed by atoms with E-state index in [4.69, 9.17) is 9.47 Å². The highest BCUT2D eigenvalue weighted by atomic mass is 16.5. The molecule has 24 heavy (non-hydrogen) atoms. The molecular weight excluding hydrogens is 308 g/mol. The van der Waals surface area contributed by atoms with Crippen LogP contribution in [0.4, 0.5) is 5.69 Å². The maximum absolute atomic E-state index is 12.1. The molecule has 0 aromatic heterocycles. The predicted molar refractivity (Wildman–Crippen MR) is 91.7 cm³/mol. The Morgan fingerprint density at radius 2 is 1.83 bits per heavy atom. The van der Waals surface area contributed by atoms with E-state index >= 15 is 0 Å². The molecular formula is C18H20N2O4. The van der Waals surface area contributed by atoms with Crippen molar-refractivity contribution in [1.29, 1.82) is 0 Å². The monoisotopic (exact) mass is 328 g/mol. The molecule has 0 bridgehead atoms. The molecule has 0 saturated carbocycles. The molecule has 0 saturated heterocycles. The van der Waals surface area contributed by atoms with E-state index in [-0.39, 0.29) is 18.4 Å². The molecule has 0 aliphatic heterocycles. The maximum Gasteiger partial charge on any atom is 0.251 e. The number of hydrogen-bond acceptors (Lipinski definition) is 4. The molecule has 0 spiro atoms. The van der Waals surface area contributed by atoms with Crippen molar-refractivity contribution in [2.75, 3.05) is 26.1 Å². The fraction of sp³-hybridized carbons (Fsp3) is 0.222. The highest BCUT2D eigenvalue weighted by Crippen LogP contribution is 2.28. The van der Waals surface area contributed by atoms with Crippen LogP contribution in [-0.4, -0.2) is 32.6 Å². The lowest BCUT2D eigenvalue weighted by Gasteiger charge is -2.12. The Balaban J connectivity index is 1.97. The van der Waals surface area contributed by atoms with Crippen LogP contribution in [0.15, 0.2) is 42.5 Å². The first-order chi connectivity index (χ1) is 11.5. The Bertz CT molecular complexity index is 744. The second-order valence-electron chi connectivity index (χ2n) is 5.17. The molecule has 6 heteroatoms. The van der Waals surface area contributed by atoms with Crippen molar-refractivity contribution in [3.63, 3.8) is 0 Å². The molecule has 0 atom stereocenters. The van der Waals surface area contributed by atoms with Crippen molar-refractivity contribution < 1.29 is 19.1 Å². The van der Waals surface area contributed by atoms with E-state index in [0.29, 0.717) is 22.7 Å². The third-order valence-corrected chi connectivity index (χ3v) is 3.37. The molecule has 2 aromatic carbocycles. The van der Waals surface area contributed by atoms with Crippen LogP contribution < -0.4 is 20.1 Å². The van der Waals surface area contributed by atoms with Crippen molar-refractivity contribution in [2.24, 2.45) is 0 Å². The lowest BCUT2D eigenvalue weighted by Crippen LogP contribution is -2.32. The minimum Gasteiger partial charge on any atom is -0.497 e. The largest absolute Gasteiger partial charge is 0.497 e. The molecule has 0 radical (unpaired) electrons. The van der Waals surface area contributed by atoms with E-state index in [1.54, 1.807) is 36.4 Å². The number of ether oxygens (including phenoxy) is 2. The molecule has 0 heterocycles. The van der Waals surface area contributed by atoms with Gasteiger partial charge in [-0.15, -0.1) is 0 Å². The van der Waals surface area contributed by atoms with Crippen LogP contribution in [0, 0.1) is 6.92 Å². The van der Waals surface area contributed by atoms with Crippen molar-refractivity contribution in [2.45, 2.75) is 6.92 Å². The molecule has 2 N–H and O–H groups in total. The van der Waals surface area contributed by atoms with E-state index in [9.17, 15) is 9.59 Å². The highest BCUT2D eigenvalue weighted by molar-refractivity contribution is 6.00. The number of anilines is 1. The van der Waals surface area contributed by atoms with Crippen LogP contribution in [-0.2, 0) is 4.79 Å². The van der Waals surface area contributed by atoms with E-state index in [1.165, 1.54) is 14.2 Å². The zero-order chi connectivity index (χ0) is 17.5. The second kappa shape index (κ2) is 8.01. The lowest BCUT2D eigenvalue weighted by atomic mass is 10.1. The summed E-state index contributed by atoms with van der Waals surface area (Å²) in [5.74, 6) is 0.443. The van der Waals surface area contributed by atoms with Gasteiger partial charge in [-0.05, 0) is 31.2 Å². The van der Waals surface area contributed by atoms with Crippen molar-refractivity contribution in [1.82, 2.24) is 5.32 Å². The minimum atomic E-state index is -0.359. The summed E-state index contributed by atoms with van der Waals surface area (Å²) in [5, 5.41) is 5.28. The summed E-state index contributed by atoms with van der Waals surface area (Å²) in [6.45, 7) is 1.76. The molecule has 6 nitrogen and oxygen atoms in total. The molecule has 0 aliphatic rings. The zero-order valence-corrected chi connectivity index (χ0v) is 13.9. The lowest BCUT2D eigenvalue weighted by molar-refractivity contribution is -0.115. The van der Waals surface area contributed by atoms with Gasteiger partial charge >= 0.3 is 0 Å². The number of aryl methyl sites for hydroxylation is 1. The second-order valence-corrected chi connectivity index (χ2v) is 5.17. The Morgan fingerprint density at radius 1 is 1.04 bits per heavy atom. The van der Waals surface area contributed by atoms with Crippen LogP contribution in [0.25, 0.3) is 0 Å². The normalized spacial score (nSPS) is 9.96. The fourth-order valence-electron chi connectivity index (χ4n) is 2.16. The molecule has 126 valence electrons. The van der Waals surface area contributed by atoms with Crippen molar-refractivity contribution >= 4 is 17.5 Å². The summed E-state index contributed by atoms with van der Waals surface area (Å²) in [7, 11) is 3.05. The van der Waals surface area contributed by atoms with Gasteiger partial charge in [-0.2, -0.15) is 0 Å². The van der Waals surface area contributed by atoms with Crippen LogP contribution in [0.3, 0.4) is 0 Å². The zero-order valence-electron chi connectivity index (χ0n) is 13.9. The molecule has 0 fully saturated rings. The van der Waals surface area contributed by atoms with Crippen LogP contribution >= 0.6 is 0 Å². The molecule has 2 amide bonds. The highest BCUT2D eigenvalue weighted by Gasteiger charge is 2.11. The molecule has 0 unspecified atom stereocenters. The van der Waals surface area contributed by atoms with Gasteiger partial charge in [0.1, 0.15) is 11.5 Å². The van der Waals surface area contributed by atoms with Gasteiger partial charge in [0.25, 0.3) is 5.91 Å². The number of nitrogens with one attached hydrogen (secondary N) is 2. The van der Waals surface area contributed by atoms with Crippen molar-refractivity contribution in [3.8, 4) is 11.5 Å². The number of benzene rings is 2. The van der Waals surface area contributed by atoms with Gasteiger partial charge in [0.2, 0.25) is 5.91 Å². The SMILES string of the molecule is COc1ccc(OC)c(NC(=O)CNC(=O)c2cccc(C)c2)c1. The van der Waals surface area contributed by atoms with Gasteiger partial charge in [0, 0.05) is 11.6 Å². The van der Waals surface area contributed by atoms with Gasteiger partial charge in [0.05, 0.1) is 26.5 Å². The molecule has 2 aromatic rings. The third-order valence-electron chi connectivity index (χ3n) is 3.37. The minimum absolute atomic E-state index is 0.146. The van der Waals surface area contributed by atoms with E-state index < -0.39 is 0 Å². The van der Waals surface area contributed by atoms with Gasteiger partial charge in [0.15, 0.2) is 0 Å². The predicted octanol–water partition coefficient (Wildman–Crippen LogP) is 2.38. The third kappa shape index (κ3) is 4.49. The summed E-state index contributed by atoms with van der Waals surface area (Å²) in [4.78, 5) is 24.1. The summed E-state index contributed by atoms with van der Waals surface area (Å²) in [6.07, 6.45) is 0. The van der Waals surface area contributed by atoms with Gasteiger partial charge < -0.3 is 20.1 Å². The average molecular weight is 328 g/mol. The fourth-order valence-corrected chi connectivity index (χ4v) is 2.16. The van der Waals surface area contributed by atoms with Crippen LogP contribution in [0.1, 0.15) is 15.9 Å². The topological polar surface area (TPSA) is 76.7 Å². The number of rotatable bonds is 6. The van der Waals surface area contributed by atoms with Crippen LogP contribution in [0.2, 0.25) is 0 Å². The van der Waals surface area contributed by atoms with E-state index in [2.05, 4.69) is 10.6 Å². The van der Waals surface area contributed by atoms with Gasteiger partial charge in [-0.1, -0.05) is 17.7 Å². The average Bonchev–Trinajstić information content (AvgIpc) is 2.59. The van der Waals surface area contributed by atoms with Gasteiger partial charge in [-0.25, -0.2) is 0 Å². The van der Waals surface area contributed by atoms with Gasteiger partial charge in [-0.3, -0.25) is 9.59 Å². The number of amides is 2. The van der Waals surface area contributed by atoms with E-state index in [1.807, 2.05) is 13.0 Å². The Morgan fingerprint density at radius 3 is 2.50 bits per heavy atom. The quantitative estimate of drug-likeness (QED) is 0.853. The summed E-state index contributed by atoms with van der Waals surface area (Å²) in [5.41, 5.74) is 1.97. The summed E-state index contributed by atoms with van der Waals surface area (Å²) in [6, 6.07) is 12.2. The first-order valence-corrected chi connectivity index (χ1v) is 7.40. The Labute approximate surface area is 140 Å². The Hall–Kier alpha value is -3.02. The first kappa shape index (κ1) is 17.3. The number of methoxy groups -OCH3 is 2. The number of carbonyl (C=O) groups excluding carboxylic acids is 2. The smallest absolute Gasteiger partial charge is 0.251 e. The summed E-state index contributed by atoms with van der Waals surface area (Å²) < 4.78 is 10.3. The maximum atomic E-state index is 12.1. The summed E-state index contributed by atoms with van der Waals surface area (Å²) >= 11 is 0. The standard InChI is InChI=1S/C18H20N2O4/c1-12-5-4-6-13(9-12)18(22)19-11-17(21)20-15-10-14(23-2)7-8-16(15)24-3/h4-10H,11H2,1-3H3,(H,19,22)(H,20,21).